The molecular weight excluding hydrogens is 244 g/mol. The van der Waals surface area contributed by atoms with Gasteiger partial charge in [0.05, 0.1) is 5.56 Å². The zero-order valence-corrected chi connectivity index (χ0v) is 11.6. The predicted molar refractivity (Wildman–Crippen MR) is 70.8 cm³/mol. The second-order valence-corrected chi connectivity index (χ2v) is 4.68. The van der Waals surface area contributed by atoms with Gasteiger partial charge in [-0.05, 0) is 31.9 Å². The molecule has 0 aliphatic carbocycles. The van der Waals surface area contributed by atoms with E-state index in [0.717, 1.165) is 12.0 Å². The summed E-state index contributed by atoms with van der Waals surface area (Å²) in [5, 5.41) is 14.0. The molecule has 1 aromatic heterocycles. The third-order valence-corrected chi connectivity index (χ3v) is 3.49. The van der Waals surface area contributed by atoms with E-state index in [4.69, 9.17) is 9.26 Å². The van der Waals surface area contributed by atoms with Crippen molar-refractivity contribution in [2.45, 2.75) is 32.8 Å². The number of aromatic nitrogens is 2. The number of ether oxygens (including phenoxy) is 1. The summed E-state index contributed by atoms with van der Waals surface area (Å²) in [6.07, 6.45) is 0.724. The van der Waals surface area contributed by atoms with E-state index in [1.165, 1.54) is 0 Å². The summed E-state index contributed by atoms with van der Waals surface area (Å²) >= 11 is 0. The van der Waals surface area contributed by atoms with Crippen LogP contribution >= 0.6 is 0 Å². The summed E-state index contributed by atoms with van der Waals surface area (Å²) in [7, 11) is 1.61. The third kappa shape index (κ3) is 2.33. The van der Waals surface area contributed by atoms with Gasteiger partial charge in [0.2, 0.25) is 5.82 Å². The second-order valence-electron chi connectivity index (χ2n) is 4.68. The highest BCUT2D eigenvalue weighted by atomic mass is 16.5. The molecule has 0 amide bonds. The van der Waals surface area contributed by atoms with Crippen molar-refractivity contribution >= 4 is 0 Å². The lowest BCUT2D eigenvalue weighted by atomic mass is 10.0. The SMILES string of the molecule is CCC(C)(OC)c1noc(-c2cccc(C)c2O)n1. The molecule has 0 saturated heterocycles. The number of rotatable bonds is 4. The van der Waals surface area contributed by atoms with Crippen LogP contribution in [0.4, 0.5) is 0 Å². The van der Waals surface area contributed by atoms with Crippen LogP contribution in [0, 0.1) is 6.92 Å². The Kier molecular flexibility index (Phi) is 3.57. The number of nitrogens with zero attached hydrogens (tertiary/aromatic N) is 2. The zero-order chi connectivity index (χ0) is 14.0. The van der Waals surface area contributed by atoms with Crippen LogP contribution < -0.4 is 0 Å². The van der Waals surface area contributed by atoms with Gasteiger partial charge in [0.25, 0.3) is 5.89 Å². The Morgan fingerprint density at radius 1 is 1.42 bits per heavy atom. The highest BCUT2D eigenvalue weighted by Gasteiger charge is 2.30. The molecule has 5 heteroatoms. The molecule has 2 aromatic rings. The van der Waals surface area contributed by atoms with Gasteiger partial charge in [-0.3, -0.25) is 0 Å². The fraction of sp³-hybridized carbons (Fsp3) is 0.429. The number of aryl methyl sites for hydroxylation is 1. The number of hydrogen-bond acceptors (Lipinski definition) is 5. The van der Waals surface area contributed by atoms with Crippen LogP contribution in [0.5, 0.6) is 5.75 Å². The number of methoxy groups -OCH3 is 1. The van der Waals surface area contributed by atoms with Gasteiger partial charge in [-0.25, -0.2) is 0 Å². The maximum absolute atomic E-state index is 10.0. The van der Waals surface area contributed by atoms with Crippen LogP contribution in [0.2, 0.25) is 0 Å². The van der Waals surface area contributed by atoms with E-state index in [1.54, 1.807) is 13.2 Å². The monoisotopic (exact) mass is 262 g/mol. The second kappa shape index (κ2) is 5.01. The van der Waals surface area contributed by atoms with Crippen LogP contribution in [0.3, 0.4) is 0 Å². The Bertz CT molecular complexity index is 574. The molecule has 5 nitrogen and oxygen atoms in total. The molecule has 0 bridgehead atoms. The average Bonchev–Trinajstić information content (AvgIpc) is 2.91. The molecule has 1 aromatic carbocycles. The van der Waals surface area contributed by atoms with Crippen LogP contribution in [0.25, 0.3) is 11.5 Å². The van der Waals surface area contributed by atoms with Crippen molar-refractivity contribution in [3.8, 4) is 17.2 Å². The summed E-state index contributed by atoms with van der Waals surface area (Å²) in [4.78, 5) is 4.33. The Morgan fingerprint density at radius 2 is 2.16 bits per heavy atom. The predicted octanol–water partition coefficient (Wildman–Crippen LogP) is 3.02. The summed E-state index contributed by atoms with van der Waals surface area (Å²) in [5.41, 5.74) is 0.719. The van der Waals surface area contributed by atoms with Crippen molar-refractivity contribution in [3.05, 3.63) is 29.6 Å². The summed E-state index contributed by atoms with van der Waals surface area (Å²) in [6, 6.07) is 5.40. The molecule has 102 valence electrons. The van der Waals surface area contributed by atoms with Crippen LogP contribution in [-0.2, 0) is 10.3 Å². The molecule has 19 heavy (non-hydrogen) atoms. The van der Waals surface area contributed by atoms with E-state index in [9.17, 15) is 5.11 Å². The average molecular weight is 262 g/mol. The third-order valence-electron chi connectivity index (χ3n) is 3.49. The summed E-state index contributed by atoms with van der Waals surface area (Å²) in [5.74, 6) is 0.939. The van der Waals surface area contributed by atoms with Crippen molar-refractivity contribution in [2.24, 2.45) is 0 Å². The quantitative estimate of drug-likeness (QED) is 0.917. The van der Waals surface area contributed by atoms with E-state index in [1.807, 2.05) is 32.9 Å². The number of para-hydroxylation sites is 1. The molecular formula is C14H18N2O3. The number of phenols is 1. The molecule has 1 atom stereocenters. The topological polar surface area (TPSA) is 68.4 Å². The number of benzene rings is 1. The van der Waals surface area contributed by atoms with Crippen molar-refractivity contribution in [3.63, 3.8) is 0 Å². The van der Waals surface area contributed by atoms with Crippen LogP contribution in [0.15, 0.2) is 22.7 Å². The fourth-order valence-corrected chi connectivity index (χ4v) is 1.77. The van der Waals surface area contributed by atoms with Crippen molar-refractivity contribution in [1.29, 1.82) is 0 Å². The van der Waals surface area contributed by atoms with Crippen LogP contribution in [-0.4, -0.2) is 22.4 Å². The summed E-state index contributed by atoms with van der Waals surface area (Å²) < 4.78 is 10.7. The van der Waals surface area contributed by atoms with Crippen LogP contribution in [0.1, 0.15) is 31.7 Å². The van der Waals surface area contributed by atoms with E-state index in [2.05, 4.69) is 10.1 Å². The lowest BCUT2D eigenvalue weighted by Crippen LogP contribution is -2.24. The van der Waals surface area contributed by atoms with Gasteiger partial charge < -0.3 is 14.4 Å². The van der Waals surface area contributed by atoms with Gasteiger partial charge in [-0.2, -0.15) is 4.98 Å². The van der Waals surface area contributed by atoms with Gasteiger partial charge in [0.15, 0.2) is 0 Å². The minimum atomic E-state index is -0.582. The Hall–Kier alpha value is -1.88. The standard InChI is InChI=1S/C14H18N2O3/c1-5-14(3,18-4)13-15-12(19-16-13)10-8-6-7-9(2)11(10)17/h6-8,17H,5H2,1-4H3. The Balaban J connectivity index is 2.44. The minimum Gasteiger partial charge on any atom is -0.507 e. The van der Waals surface area contributed by atoms with Gasteiger partial charge in [-0.15, -0.1) is 0 Å². The first-order valence-electron chi connectivity index (χ1n) is 6.20. The lowest BCUT2D eigenvalue weighted by Gasteiger charge is -2.21. The molecule has 0 aliphatic heterocycles. The van der Waals surface area contributed by atoms with Gasteiger partial charge in [0, 0.05) is 7.11 Å². The Labute approximate surface area is 112 Å². The molecule has 0 saturated carbocycles. The van der Waals surface area contributed by atoms with E-state index < -0.39 is 5.60 Å². The highest BCUT2D eigenvalue weighted by molar-refractivity contribution is 5.64. The zero-order valence-electron chi connectivity index (χ0n) is 11.6. The normalized spacial score (nSPS) is 14.3. The molecule has 0 radical (unpaired) electrons. The number of aromatic hydroxyl groups is 1. The number of hydrogen-bond donors (Lipinski definition) is 1. The van der Waals surface area contributed by atoms with E-state index >= 15 is 0 Å². The molecule has 0 aliphatic rings. The maximum atomic E-state index is 10.0. The molecule has 2 rings (SSSR count). The summed E-state index contributed by atoms with van der Waals surface area (Å²) in [6.45, 7) is 5.71. The van der Waals surface area contributed by atoms with Gasteiger partial charge >= 0.3 is 0 Å². The molecule has 1 unspecified atom stereocenters. The first kappa shape index (κ1) is 13.5. The van der Waals surface area contributed by atoms with Crippen molar-refractivity contribution in [2.75, 3.05) is 7.11 Å². The minimum absolute atomic E-state index is 0.160. The Morgan fingerprint density at radius 3 is 2.79 bits per heavy atom. The van der Waals surface area contributed by atoms with Gasteiger partial charge in [-0.1, -0.05) is 24.2 Å². The van der Waals surface area contributed by atoms with Crippen molar-refractivity contribution in [1.82, 2.24) is 10.1 Å². The first-order valence-corrected chi connectivity index (χ1v) is 6.20. The van der Waals surface area contributed by atoms with E-state index in [0.29, 0.717) is 17.3 Å². The molecule has 1 heterocycles. The first-order chi connectivity index (χ1) is 9.01. The largest absolute Gasteiger partial charge is 0.507 e. The maximum Gasteiger partial charge on any atom is 0.261 e. The number of phenolic OH excluding ortho intramolecular Hbond substituents is 1. The molecule has 0 fully saturated rings. The fourth-order valence-electron chi connectivity index (χ4n) is 1.77. The lowest BCUT2D eigenvalue weighted by molar-refractivity contribution is -0.0106. The molecule has 1 N–H and O–H groups in total. The smallest absolute Gasteiger partial charge is 0.261 e. The highest BCUT2D eigenvalue weighted by Crippen LogP contribution is 2.33. The van der Waals surface area contributed by atoms with Crippen molar-refractivity contribution < 1.29 is 14.4 Å². The van der Waals surface area contributed by atoms with Gasteiger partial charge in [0.1, 0.15) is 11.4 Å². The van der Waals surface area contributed by atoms with E-state index in [-0.39, 0.29) is 5.75 Å². The molecule has 0 spiro atoms.